The predicted octanol–water partition coefficient (Wildman–Crippen LogP) is 6.50. The van der Waals surface area contributed by atoms with Crippen molar-refractivity contribution in [2.45, 2.75) is 104 Å². The third-order valence-corrected chi connectivity index (χ3v) is 12.1. The van der Waals surface area contributed by atoms with Crippen molar-refractivity contribution in [2.24, 2.45) is 46.3 Å². The average molecular weight is 491 g/mol. The van der Waals surface area contributed by atoms with Crippen molar-refractivity contribution in [3.05, 3.63) is 35.8 Å². The van der Waals surface area contributed by atoms with E-state index >= 15 is 0 Å². The molecule has 1 aromatic heterocycles. The van der Waals surface area contributed by atoms with Crippen molar-refractivity contribution in [3.63, 3.8) is 0 Å². The summed E-state index contributed by atoms with van der Waals surface area (Å²) in [4.78, 5) is 9.62. The summed E-state index contributed by atoms with van der Waals surface area (Å²) in [6.45, 7) is 9.68. The fourth-order valence-electron chi connectivity index (χ4n) is 10.1. The van der Waals surface area contributed by atoms with Crippen molar-refractivity contribution < 1.29 is 10.2 Å². The average Bonchev–Trinajstić information content (AvgIpc) is 3.21. The van der Waals surface area contributed by atoms with E-state index in [0.717, 1.165) is 61.2 Å². The lowest BCUT2D eigenvalue weighted by Crippen LogP contribution is -2.58. The molecule has 0 radical (unpaired) electrons. The zero-order valence-electron chi connectivity index (χ0n) is 22.8. The molecule has 2 N–H and O–H groups in total. The van der Waals surface area contributed by atoms with Gasteiger partial charge in [0.05, 0.1) is 17.7 Å². The number of aryl methyl sites for hydroxylation is 2. The molecule has 0 amide bonds. The molecule has 1 heterocycles. The van der Waals surface area contributed by atoms with Crippen molar-refractivity contribution in [1.29, 1.82) is 0 Å². The third kappa shape index (κ3) is 3.85. The second-order valence-corrected chi connectivity index (χ2v) is 13.8. The van der Waals surface area contributed by atoms with Crippen LogP contribution < -0.4 is 0 Å². The summed E-state index contributed by atoms with van der Waals surface area (Å²) in [5, 5.41) is 23.0. The largest absolute Gasteiger partial charge is 0.393 e. The predicted molar refractivity (Wildman–Crippen MR) is 144 cm³/mol. The summed E-state index contributed by atoms with van der Waals surface area (Å²) >= 11 is 0. The van der Waals surface area contributed by atoms with E-state index in [1.54, 1.807) is 0 Å². The molecule has 1 aromatic carbocycles. The SMILES string of the molecule is Cc1cccc2cnc(CC[C@@H](C)[C@H]3CC[C@H]4[C@H]5C(CC[C@]34C)[C@@]3(C)CC[C@@H](O)C[C@H]3C[C@@H]5O)nc12. The first-order valence-corrected chi connectivity index (χ1v) is 14.8. The number of nitrogens with zero attached hydrogens (tertiary/aromatic N) is 2. The molecule has 0 spiro atoms. The van der Waals surface area contributed by atoms with Crippen LogP contribution in [0.4, 0.5) is 0 Å². The van der Waals surface area contributed by atoms with Crippen molar-refractivity contribution >= 4 is 10.9 Å². The van der Waals surface area contributed by atoms with Crippen LogP contribution in [-0.2, 0) is 6.42 Å². The number of aliphatic hydroxyl groups is 2. The number of fused-ring (bicyclic) bond motifs is 6. The monoisotopic (exact) mass is 490 g/mol. The zero-order valence-corrected chi connectivity index (χ0v) is 22.8. The van der Waals surface area contributed by atoms with Gasteiger partial charge in [0.2, 0.25) is 0 Å². The van der Waals surface area contributed by atoms with Gasteiger partial charge in [-0.1, -0.05) is 39.0 Å². The second kappa shape index (κ2) is 9.05. The van der Waals surface area contributed by atoms with Gasteiger partial charge in [0.15, 0.2) is 0 Å². The maximum absolute atomic E-state index is 11.5. The standard InChI is InChI=1S/C32H46N2O2/c1-19(8-11-28-33-18-21-7-5-6-20(2)30(21)34-28)24-9-10-25-29-26(13-15-32(24,25)4)31(3)14-12-23(35)16-22(31)17-27(29)36/h5-7,18-19,22-27,29,35-36H,8-17H2,1-4H3/t19-,22+,23-,24-,25+,26?,27+,29+,31+,32-/m1/s1. The van der Waals surface area contributed by atoms with Gasteiger partial charge >= 0.3 is 0 Å². The van der Waals surface area contributed by atoms with Crippen LogP contribution in [-0.4, -0.2) is 32.4 Å². The first kappa shape index (κ1) is 24.8. The summed E-state index contributed by atoms with van der Waals surface area (Å²) in [5.41, 5.74) is 2.95. The van der Waals surface area contributed by atoms with Crippen LogP contribution in [0.25, 0.3) is 10.9 Å². The minimum Gasteiger partial charge on any atom is -0.393 e. The van der Waals surface area contributed by atoms with E-state index in [-0.39, 0.29) is 12.2 Å². The molecule has 4 heteroatoms. The second-order valence-electron chi connectivity index (χ2n) is 13.8. The summed E-state index contributed by atoms with van der Waals surface area (Å²) in [7, 11) is 0. The van der Waals surface area contributed by atoms with Gasteiger partial charge in [-0.25, -0.2) is 9.97 Å². The Hall–Kier alpha value is -1.52. The Balaban J connectivity index is 1.17. The Bertz CT molecular complexity index is 1120. The third-order valence-electron chi connectivity index (χ3n) is 12.1. The smallest absolute Gasteiger partial charge is 0.128 e. The minimum absolute atomic E-state index is 0.159. The molecule has 36 heavy (non-hydrogen) atoms. The van der Waals surface area contributed by atoms with Crippen LogP contribution in [0.5, 0.6) is 0 Å². The molecule has 0 saturated heterocycles. The lowest BCUT2D eigenvalue weighted by molar-refractivity contribution is -0.174. The Morgan fingerprint density at radius 3 is 2.61 bits per heavy atom. The summed E-state index contributed by atoms with van der Waals surface area (Å²) in [5.74, 6) is 4.54. The maximum atomic E-state index is 11.5. The van der Waals surface area contributed by atoms with E-state index in [1.807, 2.05) is 6.20 Å². The van der Waals surface area contributed by atoms with Crippen LogP contribution in [0, 0.1) is 53.3 Å². The van der Waals surface area contributed by atoms with Gasteiger partial charge in [0.25, 0.3) is 0 Å². The van der Waals surface area contributed by atoms with Crippen LogP contribution >= 0.6 is 0 Å². The Kier molecular flexibility index (Phi) is 6.23. The van der Waals surface area contributed by atoms with Crippen LogP contribution in [0.3, 0.4) is 0 Å². The molecule has 196 valence electrons. The van der Waals surface area contributed by atoms with Crippen molar-refractivity contribution in [2.75, 3.05) is 0 Å². The highest BCUT2D eigenvalue weighted by Gasteiger charge is 2.62. The molecule has 10 atom stereocenters. The number of hydrogen-bond acceptors (Lipinski definition) is 4. The highest BCUT2D eigenvalue weighted by Crippen LogP contribution is 2.68. The molecule has 2 aromatic rings. The fraction of sp³-hybridized carbons (Fsp3) is 0.750. The summed E-state index contributed by atoms with van der Waals surface area (Å²) in [6.07, 6.45) is 12.8. The number of hydrogen-bond donors (Lipinski definition) is 2. The lowest BCUT2D eigenvalue weighted by atomic mass is 9.43. The fourth-order valence-corrected chi connectivity index (χ4v) is 10.1. The Morgan fingerprint density at radius 1 is 1.00 bits per heavy atom. The molecule has 1 unspecified atom stereocenters. The molecule has 4 aliphatic carbocycles. The van der Waals surface area contributed by atoms with Gasteiger partial charge in [0.1, 0.15) is 5.82 Å². The highest BCUT2D eigenvalue weighted by molar-refractivity contribution is 5.80. The first-order chi connectivity index (χ1) is 17.2. The van der Waals surface area contributed by atoms with E-state index < -0.39 is 0 Å². The van der Waals surface area contributed by atoms with Crippen LogP contribution in [0.1, 0.15) is 89.9 Å². The topological polar surface area (TPSA) is 66.2 Å². The number of rotatable bonds is 4. The van der Waals surface area contributed by atoms with Crippen molar-refractivity contribution in [3.8, 4) is 0 Å². The zero-order chi connectivity index (χ0) is 25.2. The maximum Gasteiger partial charge on any atom is 0.128 e. The Morgan fingerprint density at radius 2 is 1.78 bits per heavy atom. The van der Waals surface area contributed by atoms with Gasteiger partial charge in [-0.15, -0.1) is 0 Å². The first-order valence-electron chi connectivity index (χ1n) is 14.8. The Labute approximate surface area is 217 Å². The molecule has 0 aliphatic heterocycles. The molecular weight excluding hydrogens is 444 g/mol. The number of para-hydroxylation sites is 1. The van der Waals surface area contributed by atoms with Gasteiger partial charge in [0, 0.05) is 18.0 Å². The number of benzene rings is 1. The summed E-state index contributed by atoms with van der Waals surface area (Å²) < 4.78 is 0. The van der Waals surface area contributed by atoms with E-state index in [0.29, 0.717) is 40.4 Å². The molecular formula is C32H46N2O2. The van der Waals surface area contributed by atoms with Crippen LogP contribution in [0.2, 0.25) is 0 Å². The molecule has 4 nitrogen and oxygen atoms in total. The van der Waals surface area contributed by atoms with E-state index in [9.17, 15) is 10.2 Å². The van der Waals surface area contributed by atoms with E-state index in [4.69, 9.17) is 9.97 Å². The lowest BCUT2D eigenvalue weighted by Gasteiger charge is -2.62. The van der Waals surface area contributed by atoms with Crippen LogP contribution in [0.15, 0.2) is 24.4 Å². The number of aromatic nitrogens is 2. The minimum atomic E-state index is -0.189. The molecule has 4 fully saturated rings. The van der Waals surface area contributed by atoms with Gasteiger partial charge in [-0.05, 0) is 117 Å². The van der Waals surface area contributed by atoms with Gasteiger partial charge < -0.3 is 10.2 Å². The van der Waals surface area contributed by atoms with Crippen molar-refractivity contribution in [1.82, 2.24) is 9.97 Å². The highest BCUT2D eigenvalue weighted by atomic mass is 16.3. The van der Waals surface area contributed by atoms with E-state index in [1.165, 1.54) is 31.2 Å². The molecule has 4 aliphatic rings. The number of aliphatic hydroxyl groups excluding tert-OH is 2. The molecule has 6 rings (SSSR count). The molecule has 4 saturated carbocycles. The summed E-state index contributed by atoms with van der Waals surface area (Å²) in [6, 6.07) is 6.31. The van der Waals surface area contributed by atoms with Gasteiger partial charge in [-0.2, -0.15) is 0 Å². The molecule has 0 bridgehead atoms. The van der Waals surface area contributed by atoms with E-state index in [2.05, 4.69) is 45.9 Å². The normalized spacial score (nSPS) is 43.0. The van der Waals surface area contributed by atoms with Gasteiger partial charge in [-0.3, -0.25) is 0 Å². The quantitative estimate of drug-likeness (QED) is 0.513.